The number of fused-ring (bicyclic) bond motifs is 1. The summed E-state index contributed by atoms with van der Waals surface area (Å²) < 4.78 is 0. The summed E-state index contributed by atoms with van der Waals surface area (Å²) in [7, 11) is 0. The first kappa shape index (κ1) is 9.74. The van der Waals surface area contributed by atoms with Gasteiger partial charge in [0.1, 0.15) is 5.51 Å². The highest BCUT2D eigenvalue weighted by Crippen LogP contribution is 2.26. The molecule has 3 rings (SSSR count). The molecule has 0 saturated carbocycles. The molecule has 1 aliphatic heterocycles. The van der Waals surface area contributed by atoms with E-state index < -0.39 is 0 Å². The number of benzene rings is 1. The van der Waals surface area contributed by atoms with Gasteiger partial charge in [0.2, 0.25) is 5.13 Å². The van der Waals surface area contributed by atoms with E-state index in [2.05, 4.69) is 39.0 Å². The third-order valence-corrected chi connectivity index (χ3v) is 3.35. The first-order valence-corrected chi connectivity index (χ1v) is 6.16. The lowest BCUT2D eigenvalue weighted by molar-refractivity contribution is 0.645. The Labute approximate surface area is 97.7 Å². The number of hydrogen-bond acceptors (Lipinski definition) is 5. The Morgan fingerprint density at radius 3 is 3.25 bits per heavy atom. The van der Waals surface area contributed by atoms with Crippen LogP contribution in [0.5, 0.6) is 0 Å². The largest absolute Gasteiger partial charge is 0.330 e. The SMILES string of the molecule is c1cc2c(c(Nc3nncs3)c1)CCNC2. The smallest absolute Gasteiger partial charge is 0.209 e. The van der Waals surface area contributed by atoms with Gasteiger partial charge in [0.05, 0.1) is 0 Å². The zero-order valence-electron chi connectivity index (χ0n) is 8.73. The molecule has 0 bridgehead atoms. The minimum absolute atomic E-state index is 0.854. The number of nitrogens with one attached hydrogen (secondary N) is 2. The van der Waals surface area contributed by atoms with Crippen LogP contribution < -0.4 is 10.6 Å². The van der Waals surface area contributed by atoms with Crippen LogP contribution in [0.15, 0.2) is 23.7 Å². The molecule has 1 aliphatic rings. The van der Waals surface area contributed by atoms with E-state index in [1.54, 1.807) is 5.51 Å². The van der Waals surface area contributed by atoms with E-state index in [9.17, 15) is 0 Å². The quantitative estimate of drug-likeness (QED) is 0.830. The molecule has 0 radical (unpaired) electrons. The maximum atomic E-state index is 4.00. The molecule has 16 heavy (non-hydrogen) atoms. The molecule has 82 valence electrons. The lowest BCUT2D eigenvalue weighted by Crippen LogP contribution is -2.24. The molecule has 0 saturated heterocycles. The second kappa shape index (κ2) is 4.19. The van der Waals surface area contributed by atoms with Crippen molar-refractivity contribution in [3.8, 4) is 0 Å². The van der Waals surface area contributed by atoms with Gasteiger partial charge in [-0.15, -0.1) is 10.2 Å². The Hall–Kier alpha value is -1.46. The van der Waals surface area contributed by atoms with Crippen molar-refractivity contribution in [2.75, 3.05) is 11.9 Å². The fraction of sp³-hybridized carbons (Fsp3) is 0.273. The van der Waals surface area contributed by atoms with Crippen LogP contribution in [-0.4, -0.2) is 16.7 Å². The van der Waals surface area contributed by atoms with Crippen molar-refractivity contribution in [3.05, 3.63) is 34.8 Å². The lowest BCUT2D eigenvalue weighted by atomic mass is 9.99. The molecule has 5 heteroatoms. The Kier molecular flexibility index (Phi) is 2.55. The highest BCUT2D eigenvalue weighted by atomic mass is 32.1. The van der Waals surface area contributed by atoms with Gasteiger partial charge in [0, 0.05) is 12.2 Å². The van der Waals surface area contributed by atoms with Gasteiger partial charge in [-0.05, 0) is 30.2 Å². The second-order valence-electron chi connectivity index (χ2n) is 3.74. The predicted octanol–water partition coefficient (Wildman–Crippen LogP) is 1.93. The van der Waals surface area contributed by atoms with Crippen LogP contribution in [0.3, 0.4) is 0 Å². The summed E-state index contributed by atoms with van der Waals surface area (Å²) in [5.74, 6) is 0. The van der Waals surface area contributed by atoms with E-state index in [0.717, 1.165) is 30.3 Å². The van der Waals surface area contributed by atoms with Crippen LogP contribution in [0, 0.1) is 0 Å². The van der Waals surface area contributed by atoms with E-state index in [1.807, 2.05) is 0 Å². The van der Waals surface area contributed by atoms with Crippen molar-refractivity contribution >= 4 is 22.2 Å². The highest BCUT2D eigenvalue weighted by molar-refractivity contribution is 7.13. The Morgan fingerprint density at radius 1 is 1.38 bits per heavy atom. The monoisotopic (exact) mass is 232 g/mol. The molecule has 0 spiro atoms. The van der Waals surface area contributed by atoms with E-state index in [1.165, 1.54) is 22.5 Å². The first-order chi connectivity index (χ1) is 7.93. The van der Waals surface area contributed by atoms with Gasteiger partial charge in [0.25, 0.3) is 0 Å². The highest BCUT2D eigenvalue weighted by Gasteiger charge is 2.12. The average Bonchev–Trinajstić information content (AvgIpc) is 2.82. The molecule has 4 nitrogen and oxygen atoms in total. The maximum Gasteiger partial charge on any atom is 0.209 e. The van der Waals surface area contributed by atoms with Gasteiger partial charge in [-0.1, -0.05) is 23.5 Å². The van der Waals surface area contributed by atoms with Gasteiger partial charge < -0.3 is 10.6 Å². The van der Waals surface area contributed by atoms with Gasteiger partial charge in [0.15, 0.2) is 0 Å². The van der Waals surface area contributed by atoms with Gasteiger partial charge in [-0.25, -0.2) is 0 Å². The molecular weight excluding hydrogens is 220 g/mol. The van der Waals surface area contributed by atoms with Crippen LogP contribution in [0.1, 0.15) is 11.1 Å². The van der Waals surface area contributed by atoms with Crippen LogP contribution >= 0.6 is 11.3 Å². The molecule has 2 heterocycles. The second-order valence-corrected chi connectivity index (χ2v) is 4.57. The number of aromatic nitrogens is 2. The molecule has 0 amide bonds. The molecule has 2 aromatic rings. The zero-order chi connectivity index (χ0) is 10.8. The molecule has 0 unspecified atom stereocenters. The first-order valence-electron chi connectivity index (χ1n) is 5.28. The molecular formula is C11H12N4S. The van der Waals surface area contributed by atoms with Crippen molar-refractivity contribution in [1.29, 1.82) is 0 Å². The lowest BCUT2D eigenvalue weighted by Gasteiger charge is -2.20. The molecule has 1 aromatic heterocycles. The summed E-state index contributed by atoms with van der Waals surface area (Å²) in [5.41, 5.74) is 5.67. The maximum absolute atomic E-state index is 4.00. The minimum atomic E-state index is 0.854. The Balaban J connectivity index is 1.94. The molecule has 0 fully saturated rings. The van der Waals surface area contributed by atoms with E-state index in [0.29, 0.717) is 0 Å². The fourth-order valence-electron chi connectivity index (χ4n) is 1.99. The standard InChI is InChI=1S/C11H12N4S/c1-2-8-6-12-5-4-9(8)10(3-1)14-11-15-13-7-16-11/h1-3,7,12H,4-6H2,(H,14,15). The summed E-state index contributed by atoms with van der Waals surface area (Å²) in [6.07, 6.45) is 1.07. The van der Waals surface area contributed by atoms with E-state index in [4.69, 9.17) is 0 Å². The van der Waals surface area contributed by atoms with Crippen molar-refractivity contribution in [1.82, 2.24) is 15.5 Å². The third kappa shape index (κ3) is 1.79. The number of nitrogens with zero attached hydrogens (tertiary/aromatic N) is 2. The van der Waals surface area contributed by atoms with Crippen molar-refractivity contribution in [2.45, 2.75) is 13.0 Å². The molecule has 0 atom stereocenters. The van der Waals surface area contributed by atoms with Crippen LogP contribution in [-0.2, 0) is 13.0 Å². The van der Waals surface area contributed by atoms with Crippen molar-refractivity contribution in [2.24, 2.45) is 0 Å². The predicted molar refractivity (Wildman–Crippen MR) is 65.0 cm³/mol. The third-order valence-electron chi connectivity index (χ3n) is 2.74. The number of hydrogen-bond donors (Lipinski definition) is 2. The summed E-state index contributed by atoms with van der Waals surface area (Å²) >= 11 is 1.52. The van der Waals surface area contributed by atoms with Crippen LogP contribution in [0.25, 0.3) is 0 Å². The molecule has 1 aromatic carbocycles. The zero-order valence-corrected chi connectivity index (χ0v) is 9.55. The molecule has 0 aliphatic carbocycles. The summed E-state index contributed by atoms with van der Waals surface area (Å²) in [4.78, 5) is 0. The van der Waals surface area contributed by atoms with Gasteiger partial charge in [-0.2, -0.15) is 0 Å². The fourth-order valence-corrected chi connectivity index (χ4v) is 2.45. The van der Waals surface area contributed by atoms with Crippen molar-refractivity contribution < 1.29 is 0 Å². The summed E-state index contributed by atoms with van der Waals surface area (Å²) in [5, 5.41) is 15.4. The van der Waals surface area contributed by atoms with E-state index in [-0.39, 0.29) is 0 Å². The Bertz CT molecular complexity index is 481. The van der Waals surface area contributed by atoms with Crippen molar-refractivity contribution in [3.63, 3.8) is 0 Å². The van der Waals surface area contributed by atoms with Gasteiger partial charge >= 0.3 is 0 Å². The topological polar surface area (TPSA) is 49.8 Å². The summed E-state index contributed by atoms with van der Waals surface area (Å²) in [6.45, 7) is 2.00. The van der Waals surface area contributed by atoms with Gasteiger partial charge in [-0.3, -0.25) is 0 Å². The minimum Gasteiger partial charge on any atom is -0.330 e. The summed E-state index contributed by atoms with van der Waals surface area (Å²) in [6, 6.07) is 6.35. The normalized spacial score (nSPS) is 14.5. The number of rotatable bonds is 2. The van der Waals surface area contributed by atoms with Crippen LogP contribution in [0.4, 0.5) is 10.8 Å². The Morgan fingerprint density at radius 2 is 2.38 bits per heavy atom. The average molecular weight is 232 g/mol. The van der Waals surface area contributed by atoms with Crippen LogP contribution in [0.2, 0.25) is 0 Å². The molecule has 2 N–H and O–H groups in total. The number of anilines is 2. The van der Waals surface area contributed by atoms with E-state index >= 15 is 0 Å².